The van der Waals surface area contributed by atoms with Crippen molar-refractivity contribution in [3.63, 3.8) is 0 Å². The van der Waals surface area contributed by atoms with Gasteiger partial charge in [-0.15, -0.1) is 0 Å². The zero-order valence-corrected chi connectivity index (χ0v) is 21.1. The van der Waals surface area contributed by atoms with Gasteiger partial charge in [0.1, 0.15) is 0 Å². The van der Waals surface area contributed by atoms with Crippen LogP contribution in [0.4, 0.5) is 0 Å². The molecule has 0 saturated heterocycles. The third-order valence-corrected chi connectivity index (χ3v) is 10.4. The lowest BCUT2D eigenvalue weighted by Gasteiger charge is -2.61. The summed E-state index contributed by atoms with van der Waals surface area (Å²) in [6.07, 6.45) is 16.8. The van der Waals surface area contributed by atoms with Crippen molar-refractivity contribution >= 4 is 0 Å². The fourth-order valence-corrected chi connectivity index (χ4v) is 8.77. The maximum absolute atomic E-state index is 10.2. The Labute approximate surface area is 187 Å². The lowest BCUT2D eigenvalue weighted by molar-refractivity contribution is -0.127. The zero-order chi connectivity index (χ0) is 22.2. The van der Waals surface area contributed by atoms with Crippen LogP contribution < -0.4 is 0 Å². The summed E-state index contributed by atoms with van der Waals surface area (Å²) in [5.74, 6) is 4.53. The maximum Gasteiger partial charge on any atom is 0.0591 e. The third-order valence-electron chi connectivity index (χ3n) is 10.4. The minimum atomic E-state index is -0.498. The largest absolute Gasteiger partial charge is 0.393 e. The van der Waals surface area contributed by atoms with Crippen LogP contribution in [-0.2, 0) is 0 Å². The van der Waals surface area contributed by atoms with Crippen LogP contribution >= 0.6 is 0 Å². The van der Waals surface area contributed by atoms with Crippen molar-refractivity contribution < 1.29 is 10.2 Å². The van der Waals surface area contributed by atoms with E-state index in [0.29, 0.717) is 10.8 Å². The number of rotatable bonds is 5. The molecule has 2 N–H and O–H groups in total. The van der Waals surface area contributed by atoms with Crippen LogP contribution in [0.5, 0.6) is 0 Å². The maximum atomic E-state index is 10.2. The topological polar surface area (TPSA) is 40.5 Å². The second-order valence-corrected chi connectivity index (χ2v) is 12.5. The Bertz CT molecular complexity index is 551. The van der Waals surface area contributed by atoms with E-state index in [-0.39, 0.29) is 6.10 Å². The van der Waals surface area contributed by atoms with Crippen molar-refractivity contribution in [2.24, 2.45) is 40.4 Å². The Hall–Kier alpha value is -0.0800. The minimum Gasteiger partial charge on any atom is -0.393 e. The molecule has 8 unspecified atom stereocenters. The highest BCUT2D eigenvalue weighted by atomic mass is 16.3. The van der Waals surface area contributed by atoms with Crippen molar-refractivity contribution in [2.45, 2.75) is 137 Å². The van der Waals surface area contributed by atoms with E-state index in [1.165, 1.54) is 64.2 Å². The summed E-state index contributed by atoms with van der Waals surface area (Å²) in [5, 5.41) is 20.2. The van der Waals surface area contributed by atoms with Gasteiger partial charge in [-0.25, -0.2) is 0 Å². The minimum absolute atomic E-state index is 0.0248. The lowest BCUT2D eigenvalue weighted by atomic mass is 9.44. The molecule has 2 heteroatoms. The summed E-state index contributed by atoms with van der Waals surface area (Å²) >= 11 is 0. The van der Waals surface area contributed by atoms with Crippen LogP contribution in [0.3, 0.4) is 0 Å². The SMILES string of the molecule is CC.CC(C)(O)CCCCC1CCC2C3CCC4CC(O)CCC4(C)C3CCC12C. The van der Waals surface area contributed by atoms with Crippen LogP contribution in [0.15, 0.2) is 0 Å². The quantitative estimate of drug-likeness (QED) is 0.456. The van der Waals surface area contributed by atoms with E-state index in [1.54, 1.807) is 0 Å². The van der Waals surface area contributed by atoms with Crippen molar-refractivity contribution in [3.05, 3.63) is 0 Å². The van der Waals surface area contributed by atoms with Crippen LogP contribution in [-0.4, -0.2) is 21.9 Å². The Morgan fingerprint density at radius 2 is 1.50 bits per heavy atom. The number of aliphatic hydroxyl groups is 2. The normalized spacial score (nSPS) is 45.6. The summed E-state index contributed by atoms with van der Waals surface area (Å²) in [7, 11) is 0. The first-order valence-electron chi connectivity index (χ1n) is 13.5. The van der Waals surface area contributed by atoms with Crippen molar-refractivity contribution in [3.8, 4) is 0 Å². The van der Waals surface area contributed by atoms with Gasteiger partial charge in [-0.2, -0.15) is 0 Å². The van der Waals surface area contributed by atoms with Gasteiger partial charge >= 0.3 is 0 Å². The van der Waals surface area contributed by atoms with Crippen LogP contribution in [0.1, 0.15) is 125 Å². The van der Waals surface area contributed by atoms with E-state index in [2.05, 4.69) is 13.8 Å². The van der Waals surface area contributed by atoms with E-state index in [0.717, 1.165) is 48.9 Å². The lowest BCUT2D eigenvalue weighted by Crippen LogP contribution is -2.53. The van der Waals surface area contributed by atoms with Gasteiger partial charge in [-0.1, -0.05) is 40.5 Å². The highest BCUT2D eigenvalue weighted by molar-refractivity contribution is 5.09. The molecule has 4 aliphatic rings. The van der Waals surface area contributed by atoms with Crippen LogP contribution in [0.25, 0.3) is 0 Å². The van der Waals surface area contributed by atoms with E-state index in [9.17, 15) is 10.2 Å². The summed E-state index contributed by atoms with van der Waals surface area (Å²) in [5.41, 5.74) is 0.587. The molecule has 0 radical (unpaired) electrons. The third kappa shape index (κ3) is 4.66. The fourth-order valence-electron chi connectivity index (χ4n) is 8.77. The molecule has 30 heavy (non-hydrogen) atoms. The number of hydrogen-bond donors (Lipinski definition) is 2. The highest BCUT2D eigenvalue weighted by Gasteiger charge is 2.59. The molecule has 0 aliphatic heterocycles. The first-order chi connectivity index (χ1) is 14.1. The van der Waals surface area contributed by atoms with E-state index in [4.69, 9.17) is 0 Å². The number of hydrogen-bond acceptors (Lipinski definition) is 2. The molecule has 4 saturated carbocycles. The molecule has 0 bridgehead atoms. The smallest absolute Gasteiger partial charge is 0.0591 e. The molecule has 0 amide bonds. The van der Waals surface area contributed by atoms with Gasteiger partial charge in [-0.05, 0) is 125 Å². The molecule has 0 spiro atoms. The van der Waals surface area contributed by atoms with Crippen molar-refractivity contribution in [2.75, 3.05) is 0 Å². The van der Waals surface area contributed by atoms with Gasteiger partial charge in [0.15, 0.2) is 0 Å². The Morgan fingerprint density at radius 3 is 2.20 bits per heavy atom. The van der Waals surface area contributed by atoms with Crippen molar-refractivity contribution in [1.29, 1.82) is 0 Å². The highest BCUT2D eigenvalue weighted by Crippen LogP contribution is 2.67. The predicted octanol–water partition coefficient (Wildman–Crippen LogP) is 7.36. The molecule has 0 aromatic rings. The molecule has 8 atom stereocenters. The molecule has 4 rings (SSSR count). The van der Waals surface area contributed by atoms with Gasteiger partial charge in [0, 0.05) is 0 Å². The number of aliphatic hydroxyl groups excluding tert-OH is 1. The Kier molecular flexibility index (Phi) is 7.71. The molecule has 176 valence electrons. The second-order valence-electron chi connectivity index (χ2n) is 12.5. The fraction of sp³-hybridized carbons (Fsp3) is 1.00. The molecule has 2 nitrogen and oxygen atoms in total. The summed E-state index contributed by atoms with van der Waals surface area (Å²) in [6, 6.07) is 0. The van der Waals surface area contributed by atoms with Gasteiger partial charge in [0.25, 0.3) is 0 Å². The van der Waals surface area contributed by atoms with Crippen molar-refractivity contribution in [1.82, 2.24) is 0 Å². The monoisotopic (exact) mass is 420 g/mol. The first-order valence-corrected chi connectivity index (χ1v) is 13.5. The van der Waals surface area contributed by atoms with Crippen LogP contribution in [0, 0.1) is 40.4 Å². The average molecular weight is 421 g/mol. The van der Waals surface area contributed by atoms with Gasteiger partial charge < -0.3 is 10.2 Å². The molecule has 0 heterocycles. The molecular formula is C28H52O2. The summed E-state index contributed by atoms with van der Waals surface area (Å²) < 4.78 is 0. The first kappa shape index (κ1) is 24.6. The van der Waals surface area contributed by atoms with Crippen LogP contribution in [0.2, 0.25) is 0 Å². The molecule has 4 aliphatic carbocycles. The van der Waals surface area contributed by atoms with Gasteiger partial charge in [0.2, 0.25) is 0 Å². The van der Waals surface area contributed by atoms with Gasteiger partial charge in [0.05, 0.1) is 11.7 Å². The average Bonchev–Trinajstić information content (AvgIpc) is 3.03. The van der Waals surface area contributed by atoms with E-state index in [1.807, 2.05) is 27.7 Å². The van der Waals surface area contributed by atoms with Gasteiger partial charge in [-0.3, -0.25) is 0 Å². The summed E-state index contributed by atoms with van der Waals surface area (Å²) in [6.45, 7) is 13.2. The molecular weight excluding hydrogens is 368 g/mol. The Balaban J connectivity index is 0.00000124. The van der Waals surface area contributed by atoms with E-state index >= 15 is 0 Å². The zero-order valence-electron chi connectivity index (χ0n) is 21.1. The Morgan fingerprint density at radius 1 is 0.833 bits per heavy atom. The summed E-state index contributed by atoms with van der Waals surface area (Å²) in [4.78, 5) is 0. The van der Waals surface area contributed by atoms with E-state index < -0.39 is 5.60 Å². The predicted molar refractivity (Wildman–Crippen MR) is 127 cm³/mol. The molecule has 4 fully saturated rings. The molecule has 0 aromatic carbocycles. The standard InChI is InChI=1S/C26H46O2.C2H6/c1-24(2,28)14-6-5-7-18-9-11-22-21-10-8-19-17-20(27)12-15-26(19,4)23(21)13-16-25(18,22)3;1-2/h18-23,27-28H,5-17H2,1-4H3;1-2H3. The number of fused-ring (bicyclic) bond motifs is 5. The second kappa shape index (κ2) is 9.42. The number of unbranched alkanes of at least 4 members (excludes halogenated alkanes) is 1. The molecule has 0 aromatic heterocycles.